The highest BCUT2D eigenvalue weighted by atomic mass is 35.5. The molecule has 0 bridgehead atoms. The molecule has 1 aliphatic heterocycles. The van der Waals surface area contributed by atoms with Gasteiger partial charge in [-0.25, -0.2) is 0 Å². The predicted octanol–water partition coefficient (Wildman–Crippen LogP) is 1.59. The van der Waals surface area contributed by atoms with E-state index in [1.807, 2.05) is 13.0 Å². The van der Waals surface area contributed by atoms with Crippen LogP contribution in [0.3, 0.4) is 0 Å². The van der Waals surface area contributed by atoms with E-state index in [2.05, 4.69) is 22.4 Å². The highest BCUT2D eigenvalue weighted by Crippen LogP contribution is 2.09. The van der Waals surface area contributed by atoms with Crippen LogP contribution >= 0.6 is 12.4 Å². The van der Waals surface area contributed by atoms with Crippen molar-refractivity contribution < 1.29 is 4.74 Å². The van der Waals surface area contributed by atoms with Crippen LogP contribution in [0.1, 0.15) is 11.4 Å². The lowest BCUT2D eigenvalue weighted by Gasteiger charge is -2.13. The van der Waals surface area contributed by atoms with Gasteiger partial charge in [0.15, 0.2) is 0 Å². The Labute approximate surface area is 103 Å². The SMILES string of the molecule is Cc1cccc(CC2CNCCOC2)n1.Cl. The molecule has 1 aromatic heterocycles. The summed E-state index contributed by atoms with van der Waals surface area (Å²) in [6.45, 7) is 5.72. The zero-order valence-corrected chi connectivity index (χ0v) is 10.4. The van der Waals surface area contributed by atoms with Gasteiger partial charge in [0.1, 0.15) is 0 Å². The molecule has 16 heavy (non-hydrogen) atoms. The first kappa shape index (κ1) is 13.4. The molecule has 2 rings (SSSR count). The summed E-state index contributed by atoms with van der Waals surface area (Å²) in [6, 6.07) is 6.20. The molecule has 1 saturated heterocycles. The van der Waals surface area contributed by atoms with Gasteiger partial charge in [0, 0.05) is 30.4 Å². The molecule has 3 nitrogen and oxygen atoms in total. The third-order valence-electron chi connectivity index (χ3n) is 2.65. The second-order valence-electron chi connectivity index (χ2n) is 4.12. The lowest BCUT2D eigenvalue weighted by atomic mass is 10.0. The van der Waals surface area contributed by atoms with E-state index in [9.17, 15) is 0 Å². The number of hydrogen-bond donors (Lipinski definition) is 1. The normalized spacial score (nSPS) is 20.9. The van der Waals surface area contributed by atoms with Crippen LogP contribution < -0.4 is 5.32 Å². The molecule has 1 aliphatic rings. The molecule has 0 aromatic carbocycles. The molecule has 90 valence electrons. The van der Waals surface area contributed by atoms with Crippen molar-refractivity contribution in [1.82, 2.24) is 10.3 Å². The lowest BCUT2D eigenvalue weighted by Crippen LogP contribution is -2.24. The molecule has 1 fully saturated rings. The van der Waals surface area contributed by atoms with Gasteiger partial charge in [-0.1, -0.05) is 6.07 Å². The van der Waals surface area contributed by atoms with Crippen LogP contribution in [0.25, 0.3) is 0 Å². The standard InChI is InChI=1S/C12H18N2O.ClH/c1-10-3-2-4-12(14-10)7-11-8-13-5-6-15-9-11;/h2-4,11,13H,5-9H2,1H3;1H. The highest BCUT2D eigenvalue weighted by molar-refractivity contribution is 5.85. The van der Waals surface area contributed by atoms with Crippen molar-refractivity contribution in [2.75, 3.05) is 26.3 Å². The number of nitrogens with one attached hydrogen (secondary N) is 1. The van der Waals surface area contributed by atoms with E-state index < -0.39 is 0 Å². The fourth-order valence-corrected chi connectivity index (χ4v) is 1.90. The predicted molar refractivity (Wildman–Crippen MR) is 67.1 cm³/mol. The van der Waals surface area contributed by atoms with E-state index in [0.29, 0.717) is 5.92 Å². The molecule has 0 aliphatic carbocycles. The second-order valence-corrected chi connectivity index (χ2v) is 4.12. The Morgan fingerprint density at radius 2 is 2.38 bits per heavy atom. The summed E-state index contributed by atoms with van der Waals surface area (Å²) in [5, 5.41) is 3.38. The van der Waals surface area contributed by atoms with Crippen LogP contribution in [0, 0.1) is 12.8 Å². The van der Waals surface area contributed by atoms with Gasteiger partial charge in [-0.15, -0.1) is 12.4 Å². The average Bonchev–Trinajstić information content (AvgIpc) is 2.46. The number of hydrogen-bond acceptors (Lipinski definition) is 3. The first-order valence-electron chi connectivity index (χ1n) is 5.55. The fourth-order valence-electron chi connectivity index (χ4n) is 1.90. The lowest BCUT2D eigenvalue weighted by molar-refractivity contribution is 0.123. The monoisotopic (exact) mass is 242 g/mol. The quantitative estimate of drug-likeness (QED) is 0.855. The van der Waals surface area contributed by atoms with Crippen molar-refractivity contribution in [2.45, 2.75) is 13.3 Å². The Hall–Kier alpha value is -0.640. The van der Waals surface area contributed by atoms with Gasteiger partial charge in [0.25, 0.3) is 0 Å². The summed E-state index contributed by atoms with van der Waals surface area (Å²) in [7, 11) is 0. The number of nitrogens with zero attached hydrogens (tertiary/aromatic N) is 1. The Balaban J connectivity index is 0.00000128. The summed E-state index contributed by atoms with van der Waals surface area (Å²) in [6.07, 6.45) is 1.01. The van der Waals surface area contributed by atoms with E-state index in [1.54, 1.807) is 0 Å². The Morgan fingerprint density at radius 1 is 1.50 bits per heavy atom. The second kappa shape index (κ2) is 6.84. The molecule has 0 spiro atoms. The maximum Gasteiger partial charge on any atom is 0.0591 e. The van der Waals surface area contributed by atoms with Gasteiger partial charge in [-0.05, 0) is 25.5 Å². The Kier molecular flexibility index (Phi) is 5.74. The molecule has 0 amide bonds. The topological polar surface area (TPSA) is 34.1 Å². The maximum atomic E-state index is 5.52. The smallest absolute Gasteiger partial charge is 0.0591 e. The largest absolute Gasteiger partial charge is 0.380 e. The first-order chi connectivity index (χ1) is 7.34. The number of pyridine rings is 1. The van der Waals surface area contributed by atoms with Crippen molar-refractivity contribution in [3.8, 4) is 0 Å². The summed E-state index contributed by atoms with van der Waals surface area (Å²) in [4.78, 5) is 4.51. The Morgan fingerprint density at radius 3 is 3.19 bits per heavy atom. The van der Waals surface area contributed by atoms with Crippen molar-refractivity contribution >= 4 is 12.4 Å². The van der Waals surface area contributed by atoms with Crippen molar-refractivity contribution in [3.05, 3.63) is 29.6 Å². The first-order valence-corrected chi connectivity index (χ1v) is 5.55. The summed E-state index contributed by atoms with van der Waals surface area (Å²) >= 11 is 0. The minimum absolute atomic E-state index is 0. The zero-order valence-electron chi connectivity index (χ0n) is 9.61. The zero-order chi connectivity index (χ0) is 10.5. The minimum Gasteiger partial charge on any atom is -0.380 e. The van der Waals surface area contributed by atoms with Crippen LogP contribution in [-0.4, -0.2) is 31.3 Å². The Bertz CT molecular complexity index is 312. The third kappa shape index (κ3) is 4.08. The number of aryl methyl sites for hydroxylation is 1. The molecule has 0 saturated carbocycles. The summed E-state index contributed by atoms with van der Waals surface area (Å²) in [5.41, 5.74) is 2.27. The van der Waals surface area contributed by atoms with Gasteiger partial charge in [-0.2, -0.15) is 0 Å². The number of halogens is 1. The number of rotatable bonds is 2. The fraction of sp³-hybridized carbons (Fsp3) is 0.583. The molecule has 0 radical (unpaired) electrons. The molecule has 2 heterocycles. The molecule has 1 atom stereocenters. The van der Waals surface area contributed by atoms with Crippen molar-refractivity contribution in [1.29, 1.82) is 0 Å². The van der Waals surface area contributed by atoms with Gasteiger partial charge in [-0.3, -0.25) is 4.98 Å². The average molecular weight is 243 g/mol. The van der Waals surface area contributed by atoms with Crippen LogP contribution in [0.5, 0.6) is 0 Å². The molecule has 4 heteroatoms. The summed E-state index contributed by atoms with van der Waals surface area (Å²) in [5.74, 6) is 0.557. The number of ether oxygens (including phenoxy) is 1. The van der Waals surface area contributed by atoms with Gasteiger partial charge in [0.2, 0.25) is 0 Å². The van der Waals surface area contributed by atoms with E-state index in [1.165, 1.54) is 5.69 Å². The van der Waals surface area contributed by atoms with E-state index in [0.717, 1.165) is 38.4 Å². The summed E-state index contributed by atoms with van der Waals surface area (Å²) < 4.78 is 5.52. The van der Waals surface area contributed by atoms with Crippen LogP contribution in [0.2, 0.25) is 0 Å². The van der Waals surface area contributed by atoms with E-state index in [-0.39, 0.29) is 12.4 Å². The van der Waals surface area contributed by atoms with Gasteiger partial charge >= 0.3 is 0 Å². The molecular weight excluding hydrogens is 224 g/mol. The van der Waals surface area contributed by atoms with Crippen LogP contribution in [-0.2, 0) is 11.2 Å². The maximum absolute atomic E-state index is 5.52. The van der Waals surface area contributed by atoms with Crippen molar-refractivity contribution in [2.24, 2.45) is 5.92 Å². The van der Waals surface area contributed by atoms with Gasteiger partial charge in [0.05, 0.1) is 13.2 Å². The van der Waals surface area contributed by atoms with Crippen LogP contribution in [0.4, 0.5) is 0 Å². The van der Waals surface area contributed by atoms with E-state index >= 15 is 0 Å². The van der Waals surface area contributed by atoms with Crippen LogP contribution in [0.15, 0.2) is 18.2 Å². The van der Waals surface area contributed by atoms with Crippen molar-refractivity contribution in [3.63, 3.8) is 0 Å². The minimum atomic E-state index is 0. The number of aromatic nitrogens is 1. The molecular formula is C12H19ClN2O. The van der Waals surface area contributed by atoms with Gasteiger partial charge < -0.3 is 10.1 Å². The highest BCUT2D eigenvalue weighted by Gasteiger charge is 2.13. The molecule has 1 aromatic rings. The molecule has 1 N–H and O–H groups in total. The third-order valence-corrected chi connectivity index (χ3v) is 2.65. The van der Waals surface area contributed by atoms with E-state index in [4.69, 9.17) is 4.74 Å². The molecule has 1 unspecified atom stereocenters.